The van der Waals surface area contributed by atoms with Gasteiger partial charge in [0.25, 0.3) is 0 Å². The molecule has 1 N–H and O–H groups in total. The molecule has 0 aliphatic carbocycles. The maximum absolute atomic E-state index is 10.3. The van der Waals surface area contributed by atoms with Crippen molar-refractivity contribution in [3.63, 3.8) is 0 Å². The number of phenols is 1. The Hall–Kier alpha value is -3.49. The number of phenolic OH excluding ortho intramolecular Hbond substituents is 1. The van der Waals surface area contributed by atoms with Gasteiger partial charge in [-0.2, -0.15) is 18.2 Å². The number of benzene rings is 3. The number of nitrogens with zero attached hydrogens (tertiary/aromatic N) is 3. The molecule has 0 saturated carbocycles. The van der Waals surface area contributed by atoms with Crippen molar-refractivity contribution in [2.24, 2.45) is 0 Å². The molecule has 0 spiro atoms. The molecule has 0 radical (unpaired) electrons. The summed E-state index contributed by atoms with van der Waals surface area (Å²) < 4.78 is 10.2. The molecule has 0 saturated heterocycles. The first kappa shape index (κ1) is 21.1. The predicted molar refractivity (Wildman–Crippen MR) is 133 cm³/mol. The van der Waals surface area contributed by atoms with Gasteiger partial charge >= 0.3 is 0 Å². The van der Waals surface area contributed by atoms with Gasteiger partial charge in [-0.15, -0.1) is 10.9 Å². The van der Waals surface area contributed by atoms with E-state index in [1.807, 2.05) is 36.4 Å². The maximum atomic E-state index is 10.3. The van der Waals surface area contributed by atoms with E-state index in [1.165, 1.54) is 0 Å². The third-order valence-corrected chi connectivity index (χ3v) is 6.42. The Kier molecular flexibility index (Phi) is 5.19. The van der Waals surface area contributed by atoms with Crippen molar-refractivity contribution in [2.75, 3.05) is 0 Å². The van der Waals surface area contributed by atoms with Gasteiger partial charge in [0.05, 0.1) is 1.37 Å². The van der Waals surface area contributed by atoms with Crippen LogP contribution >= 0.6 is 0 Å². The molecule has 0 fully saturated rings. The van der Waals surface area contributed by atoms with Crippen LogP contribution in [0.2, 0.25) is 0 Å². The molecule has 0 aliphatic heterocycles. The largest absolute Gasteiger partial charge is 0.506 e. The van der Waals surface area contributed by atoms with E-state index in [9.17, 15) is 5.11 Å². The molecule has 3 aromatic carbocycles. The molecule has 6 aromatic rings. The van der Waals surface area contributed by atoms with Crippen molar-refractivity contribution in [1.29, 1.82) is 0 Å². The summed E-state index contributed by atoms with van der Waals surface area (Å²) in [4.78, 5) is 9.38. The summed E-state index contributed by atoms with van der Waals surface area (Å²) in [7, 11) is 0. The average molecular weight is 625 g/mol. The molecule has 6 rings (SSSR count). The number of fused-ring (bicyclic) bond motifs is 4. The molecule has 4 nitrogen and oxygen atoms in total. The Labute approximate surface area is 213 Å². The van der Waals surface area contributed by atoms with Gasteiger partial charge in [0.15, 0.2) is 0 Å². The quantitative estimate of drug-likeness (QED) is 0.227. The van der Waals surface area contributed by atoms with Crippen LogP contribution in [-0.4, -0.2) is 19.6 Å². The Bertz CT molecular complexity index is 1720. The first-order valence-corrected chi connectivity index (χ1v) is 10.9. The van der Waals surface area contributed by atoms with Crippen molar-refractivity contribution in [3.8, 4) is 11.6 Å². The van der Waals surface area contributed by atoms with Crippen molar-refractivity contribution in [1.82, 2.24) is 14.5 Å². The van der Waals surface area contributed by atoms with E-state index in [0.29, 0.717) is 17.4 Å². The van der Waals surface area contributed by atoms with Gasteiger partial charge in [-0.25, -0.2) is 9.97 Å². The predicted octanol–water partition coefficient (Wildman–Crippen LogP) is 6.56. The van der Waals surface area contributed by atoms with Gasteiger partial charge < -0.3 is 9.67 Å². The number of aromatic nitrogens is 3. The Morgan fingerprint density at radius 3 is 2.62 bits per heavy atom. The monoisotopic (exact) mass is 624 g/mol. The normalized spacial score (nSPS) is 12.1. The summed E-state index contributed by atoms with van der Waals surface area (Å²) in [6, 6.07) is 29.4. The third kappa shape index (κ3) is 3.41. The standard InChI is InChI=1S/C29H22N3O.Pt/c1-29(2,26-16-13-19-8-7-11-25(33)28(19)31-26)20-14-15-22-21-9-3-4-10-23(21)32(24(22)18-20)27-12-5-6-17-30-27;/h3-17,33H,1-2H3;/q-1;/i5D;. The molecule has 34 heavy (non-hydrogen) atoms. The second-order valence-corrected chi connectivity index (χ2v) is 8.77. The third-order valence-electron chi connectivity index (χ3n) is 6.42. The molecule has 170 valence electrons. The van der Waals surface area contributed by atoms with Crippen molar-refractivity contribution in [3.05, 3.63) is 108 Å². The number of hydrogen-bond acceptors (Lipinski definition) is 3. The average Bonchev–Trinajstić information content (AvgIpc) is 3.18. The number of rotatable bonds is 3. The van der Waals surface area contributed by atoms with Crippen LogP contribution in [0.4, 0.5) is 0 Å². The second kappa shape index (κ2) is 8.38. The molecule has 0 atom stereocenters. The van der Waals surface area contributed by atoms with Crippen molar-refractivity contribution < 1.29 is 27.5 Å². The van der Waals surface area contributed by atoms with Gasteiger partial charge in [0.2, 0.25) is 0 Å². The van der Waals surface area contributed by atoms with Gasteiger partial charge in [-0.3, -0.25) is 0 Å². The Morgan fingerprint density at radius 1 is 0.912 bits per heavy atom. The number of hydrogen-bond donors (Lipinski definition) is 1. The van der Waals surface area contributed by atoms with Gasteiger partial charge in [0.1, 0.15) is 17.1 Å². The van der Waals surface area contributed by atoms with Crippen molar-refractivity contribution in [2.45, 2.75) is 19.3 Å². The van der Waals surface area contributed by atoms with Crippen LogP contribution in [0.25, 0.3) is 38.5 Å². The van der Waals surface area contributed by atoms with Crippen LogP contribution < -0.4 is 0 Å². The van der Waals surface area contributed by atoms with Crippen molar-refractivity contribution >= 4 is 32.7 Å². The molecule has 0 bridgehead atoms. The van der Waals surface area contributed by atoms with E-state index in [0.717, 1.165) is 38.4 Å². The molecule has 3 aromatic heterocycles. The summed E-state index contributed by atoms with van der Waals surface area (Å²) in [5, 5.41) is 13.4. The maximum Gasteiger partial charge on any atom is 0.141 e. The van der Waals surface area contributed by atoms with Crippen LogP contribution in [-0.2, 0) is 26.5 Å². The minimum atomic E-state index is -0.462. The molecule has 5 heteroatoms. The van der Waals surface area contributed by atoms with Crippen LogP contribution in [0.5, 0.6) is 5.75 Å². The van der Waals surface area contributed by atoms with E-state index < -0.39 is 5.41 Å². The van der Waals surface area contributed by atoms with Crippen LogP contribution in [0.1, 0.15) is 26.5 Å². The molecular formula is C29H22N3OPt-. The Morgan fingerprint density at radius 2 is 1.76 bits per heavy atom. The smallest absolute Gasteiger partial charge is 0.141 e. The van der Waals surface area contributed by atoms with Crippen LogP contribution in [0.15, 0.2) is 91.1 Å². The summed E-state index contributed by atoms with van der Waals surface area (Å²) in [5.41, 5.74) is 3.90. The first-order valence-electron chi connectivity index (χ1n) is 11.4. The fourth-order valence-electron chi connectivity index (χ4n) is 4.55. The zero-order chi connectivity index (χ0) is 23.4. The molecule has 0 unspecified atom stereocenters. The summed E-state index contributed by atoms with van der Waals surface area (Å²) in [6.07, 6.45) is 1.66. The number of pyridine rings is 2. The molecule has 0 amide bonds. The van der Waals surface area contributed by atoms with Gasteiger partial charge in [0, 0.05) is 49.3 Å². The minimum Gasteiger partial charge on any atom is -0.506 e. The fourth-order valence-corrected chi connectivity index (χ4v) is 4.55. The van der Waals surface area contributed by atoms with E-state index in [1.54, 1.807) is 24.4 Å². The Balaban J connectivity index is 0.00000253. The van der Waals surface area contributed by atoms with Crippen LogP contribution in [0, 0.1) is 6.07 Å². The molecule has 3 heterocycles. The minimum absolute atomic E-state index is 0. The molecule has 0 aliphatic rings. The van der Waals surface area contributed by atoms with E-state index in [4.69, 9.17) is 6.35 Å². The van der Waals surface area contributed by atoms with Gasteiger partial charge in [-0.05, 0) is 35.7 Å². The van der Waals surface area contributed by atoms with Crippen LogP contribution in [0.3, 0.4) is 0 Å². The van der Waals surface area contributed by atoms with E-state index in [2.05, 4.69) is 53.7 Å². The topological polar surface area (TPSA) is 50.9 Å². The zero-order valence-electron chi connectivity index (χ0n) is 19.7. The number of aromatic hydroxyl groups is 1. The summed E-state index contributed by atoms with van der Waals surface area (Å²) >= 11 is 0. The summed E-state index contributed by atoms with van der Waals surface area (Å²) in [6.45, 7) is 4.24. The first-order chi connectivity index (χ1) is 16.4. The van der Waals surface area contributed by atoms with E-state index >= 15 is 0 Å². The second-order valence-electron chi connectivity index (χ2n) is 8.77. The van der Waals surface area contributed by atoms with E-state index in [-0.39, 0.29) is 26.8 Å². The zero-order valence-corrected chi connectivity index (χ0v) is 21.0. The van der Waals surface area contributed by atoms with Gasteiger partial charge in [-0.1, -0.05) is 61.8 Å². The fraction of sp³-hybridized carbons (Fsp3) is 0.103. The SMILES string of the molecule is [2H]c1ccnc(-n2c3[c-]c(C(C)(C)c4ccc5cccc(O)c5n4)ccc3c3ccccc32)c1.[Pt]. The number of para-hydroxylation sites is 2. The molecular weight excluding hydrogens is 601 g/mol. The summed E-state index contributed by atoms with van der Waals surface area (Å²) in [5.74, 6) is 0.870.